The number of benzene rings is 2. The molecule has 2 heteroatoms. The molecule has 0 spiro atoms. The molecule has 0 aromatic heterocycles. The summed E-state index contributed by atoms with van der Waals surface area (Å²) in [6, 6.07) is 15.7. The molecule has 1 nitrogen and oxygen atoms in total. The molecule has 0 atom stereocenters. The molecule has 0 saturated heterocycles. The average Bonchev–Trinajstić information content (AvgIpc) is 2.78. The second kappa shape index (κ2) is 11.9. The summed E-state index contributed by atoms with van der Waals surface area (Å²) in [5.74, 6) is 1.24. The van der Waals surface area contributed by atoms with Gasteiger partial charge < -0.3 is 0 Å². The van der Waals surface area contributed by atoms with Crippen LogP contribution in [0.2, 0.25) is 0 Å². The first-order valence-electron chi connectivity index (χ1n) is 12.0. The first-order valence-corrected chi connectivity index (χ1v) is 12.0. The van der Waals surface area contributed by atoms with Crippen LogP contribution in [0.15, 0.2) is 42.5 Å². The molecule has 0 bridgehead atoms. The van der Waals surface area contributed by atoms with E-state index < -0.39 is 0 Å². The Morgan fingerprint density at radius 3 is 2.20 bits per heavy atom. The van der Waals surface area contributed by atoms with Crippen LogP contribution in [0.4, 0.5) is 4.39 Å². The van der Waals surface area contributed by atoms with E-state index in [-0.39, 0.29) is 5.82 Å². The van der Waals surface area contributed by atoms with Gasteiger partial charge in [0.15, 0.2) is 0 Å². The summed E-state index contributed by atoms with van der Waals surface area (Å²) in [4.78, 5) is 0. The molecule has 0 aliphatic heterocycles. The lowest BCUT2D eigenvalue weighted by molar-refractivity contribution is 0.298. The van der Waals surface area contributed by atoms with Crippen LogP contribution < -0.4 is 0 Å². The summed E-state index contributed by atoms with van der Waals surface area (Å²) < 4.78 is 14.8. The Hall–Kier alpha value is -2.14. The van der Waals surface area contributed by atoms with E-state index in [0.717, 1.165) is 42.7 Å². The van der Waals surface area contributed by atoms with E-state index in [0.29, 0.717) is 11.5 Å². The van der Waals surface area contributed by atoms with Crippen molar-refractivity contribution in [3.63, 3.8) is 0 Å². The molecule has 1 saturated carbocycles. The molecule has 160 valence electrons. The summed E-state index contributed by atoms with van der Waals surface area (Å²) in [5, 5.41) is 8.89. The quantitative estimate of drug-likeness (QED) is 0.366. The fraction of sp³-hybridized carbons (Fsp3) is 0.536. The highest BCUT2D eigenvalue weighted by atomic mass is 19.1. The second-order valence-electron chi connectivity index (χ2n) is 9.09. The minimum atomic E-state index is -0.0182. The van der Waals surface area contributed by atoms with Crippen LogP contribution in [0.5, 0.6) is 0 Å². The van der Waals surface area contributed by atoms with Gasteiger partial charge in [-0.3, -0.25) is 0 Å². The third-order valence-electron chi connectivity index (χ3n) is 6.85. The normalized spacial score (nSPS) is 18.8. The molecule has 2 aromatic carbocycles. The lowest BCUT2D eigenvalue weighted by atomic mass is 9.76. The van der Waals surface area contributed by atoms with Crippen LogP contribution >= 0.6 is 0 Å². The first-order chi connectivity index (χ1) is 14.7. The highest BCUT2D eigenvalue weighted by molar-refractivity contribution is 5.33. The third kappa shape index (κ3) is 6.69. The molecular formula is C28H36FN. The SMILES string of the molecule is CCCCCCC[C@H]1CC[C@H](c2ccc(CCc3ccc(C#N)cc3)cc2F)CC1. The Labute approximate surface area is 182 Å². The molecule has 30 heavy (non-hydrogen) atoms. The van der Waals surface area contributed by atoms with Crippen molar-refractivity contribution in [1.29, 1.82) is 5.26 Å². The average molecular weight is 406 g/mol. The molecule has 0 amide bonds. The number of aryl methyl sites for hydroxylation is 2. The lowest BCUT2D eigenvalue weighted by Crippen LogP contribution is -2.14. The van der Waals surface area contributed by atoms with Gasteiger partial charge in [-0.2, -0.15) is 5.26 Å². The van der Waals surface area contributed by atoms with Gasteiger partial charge in [0.2, 0.25) is 0 Å². The van der Waals surface area contributed by atoms with Crippen molar-refractivity contribution in [2.45, 2.75) is 89.9 Å². The molecule has 1 aliphatic carbocycles. The van der Waals surface area contributed by atoms with Gasteiger partial charge in [0, 0.05) is 0 Å². The monoisotopic (exact) mass is 405 g/mol. The Kier molecular flexibility index (Phi) is 8.94. The fourth-order valence-corrected chi connectivity index (χ4v) is 4.89. The highest BCUT2D eigenvalue weighted by Crippen LogP contribution is 2.38. The van der Waals surface area contributed by atoms with E-state index in [9.17, 15) is 4.39 Å². The molecule has 0 N–H and O–H groups in total. The van der Waals surface area contributed by atoms with Gasteiger partial charge >= 0.3 is 0 Å². The molecule has 0 radical (unpaired) electrons. The topological polar surface area (TPSA) is 23.8 Å². The maximum atomic E-state index is 14.8. The number of hydrogen-bond acceptors (Lipinski definition) is 1. The van der Waals surface area contributed by atoms with E-state index in [1.165, 1.54) is 56.9 Å². The van der Waals surface area contributed by atoms with Gasteiger partial charge in [-0.25, -0.2) is 4.39 Å². The third-order valence-corrected chi connectivity index (χ3v) is 6.85. The highest BCUT2D eigenvalue weighted by Gasteiger charge is 2.24. The van der Waals surface area contributed by atoms with Crippen molar-refractivity contribution in [2.75, 3.05) is 0 Å². The van der Waals surface area contributed by atoms with Crippen molar-refractivity contribution < 1.29 is 4.39 Å². The van der Waals surface area contributed by atoms with Crippen LogP contribution in [0.1, 0.15) is 99.3 Å². The number of unbranched alkanes of at least 4 members (excludes halogenated alkanes) is 4. The minimum absolute atomic E-state index is 0.0182. The summed E-state index contributed by atoms with van der Waals surface area (Å²) in [6.07, 6.45) is 14.7. The zero-order valence-corrected chi connectivity index (χ0v) is 18.5. The zero-order chi connectivity index (χ0) is 21.2. The van der Waals surface area contributed by atoms with Gasteiger partial charge in [-0.15, -0.1) is 0 Å². The van der Waals surface area contributed by atoms with Crippen LogP contribution in [-0.4, -0.2) is 0 Å². The predicted molar refractivity (Wildman–Crippen MR) is 123 cm³/mol. The van der Waals surface area contributed by atoms with Crippen molar-refractivity contribution in [3.8, 4) is 6.07 Å². The molecule has 1 fully saturated rings. The standard InChI is InChI=1S/C28H36FN/c1-2-3-4-5-6-7-22-14-17-26(18-15-22)27-19-16-24(20-28(27)29)11-8-23-9-12-25(21-30)13-10-23/h9-10,12-13,16,19-20,22,26H,2-8,11,14-15,17-18H2,1H3/t22-,26-. The van der Waals surface area contributed by atoms with E-state index >= 15 is 0 Å². The maximum absolute atomic E-state index is 14.8. The van der Waals surface area contributed by atoms with Crippen LogP contribution in [-0.2, 0) is 12.8 Å². The Morgan fingerprint density at radius 1 is 0.867 bits per heavy atom. The van der Waals surface area contributed by atoms with Gasteiger partial charge in [0.25, 0.3) is 0 Å². The Morgan fingerprint density at radius 2 is 1.53 bits per heavy atom. The Balaban J connectivity index is 1.45. The Bertz CT molecular complexity index is 810. The fourth-order valence-electron chi connectivity index (χ4n) is 4.89. The maximum Gasteiger partial charge on any atom is 0.126 e. The molecule has 1 aliphatic rings. The number of rotatable bonds is 10. The van der Waals surface area contributed by atoms with E-state index in [2.05, 4.69) is 19.1 Å². The second-order valence-corrected chi connectivity index (χ2v) is 9.09. The number of halogens is 1. The van der Waals surface area contributed by atoms with E-state index in [4.69, 9.17) is 5.26 Å². The molecular weight excluding hydrogens is 369 g/mol. The lowest BCUT2D eigenvalue weighted by Gasteiger charge is -2.29. The summed E-state index contributed by atoms with van der Waals surface area (Å²) in [7, 11) is 0. The van der Waals surface area contributed by atoms with Crippen molar-refractivity contribution >= 4 is 0 Å². The summed E-state index contributed by atoms with van der Waals surface area (Å²) in [5.41, 5.74) is 3.85. The molecule has 0 unspecified atom stereocenters. The number of nitriles is 1. The summed E-state index contributed by atoms with van der Waals surface area (Å²) >= 11 is 0. The van der Waals surface area contributed by atoms with Crippen molar-refractivity contribution in [3.05, 3.63) is 70.5 Å². The van der Waals surface area contributed by atoms with Gasteiger partial charge in [0.05, 0.1) is 11.6 Å². The smallest absolute Gasteiger partial charge is 0.126 e. The van der Waals surface area contributed by atoms with E-state index in [1.54, 1.807) is 6.07 Å². The molecule has 2 aromatic rings. The van der Waals surface area contributed by atoms with E-state index in [1.807, 2.05) is 30.3 Å². The molecule has 0 heterocycles. The minimum Gasteiger partial charge on any atom is -0.207 e. The molecule has 3 rings (SSSR count). The van der Waals surface area contributed by atoms with Crippen LogP contribution in [0.25, 0.3) is 0 Å². The first kappa shape index (κ1) is 22.5. The van der Waals surface area contributed by atoms with Crippen LogP contribution in [0, 0.1) is 23.1 Å². The van der Waals surface area contributed by atoms with Crippen molar-refractivity contribution in [1.82, 2.24) is 0 Å². The largest absolute Gasteiger partial charge is 0.207 e. The van der Waals surface area contributed by atoms with Gasteiger partial charge in [-0.1, -0.05) is 69.7 Å². The predicted octanol–water partition coefficient (Wildman–Crippen LogP) is 8.12. The van der Waals surface area contributed by atoms with Crippen molar-refractivity contribution in [2.24, 2.45) is 5.92 Å². The number of nitrogens with zero attached hydrogens (tertiary/aromatic N) is 1. The summed E-state index contributed by atoms with van der Waals surface area (Å²) in [6.45, 7) is 2.27. The van der Waals surface area contributed by atoms with Gasteiger partial charge in [0.1, 0.15) is 5.82 Å². The zero-order valence-electron chi connectivity index (χ0n) is 18.5. The van der Waals surface area contributed by atoms with Crippen LogP contribution in [0.3, 0.4) is 0 Å². The number of hydrogen-bond donors (Lipinski definition) is 0. The van der Waals surface area contributed by atoms with Gasteiger partial charge in [-0.05, 0) is 85.3 Å².